The zero-order valence-corrected chi connectivity index (χ0v) is 8.62. The van der Waals surface area contributed by atoms with Gasteiger partial charge in [0.2, 0.25) is 11.8 Å². The first-order valence-electron chi connectivity index (χ1n) is 5.02. The molecule has 7 nitrogen and oxygen atoms in total. The van der Waals surface area contributed by atoms with Gasteiger partial charge in [-0.05, 0) is 0 Å². The second-order valence-electron chi connectivity index (χ2n) is 3.49. The number of rotatable bonds is 3. The Balaban J connectivity index is 1.77. The van der Waals surface area contributed by atoms with Crippen molar-refractivity contribution in [2.75, 3.05) is 13.1 Å². The third kappa shape index (κ3) is 2.57. The number of carbonyl (C=O) groups is 2. The van der Waals surface area contributed by atoms with Crippen LogP contribution in [0.15, 0.2) is 12.4 Å². The third-order valence-corrected chi connectivity index (χ3v) is 2.31. The number of H-pyrrole nitrogens is 1. The Kier molecular flexibility index (Phi) is 3.16. The van der Waals surface area contributed by atoms with Gasteiger partial charge in [-0.1, -0.05) is 0 Å². The highest BCUT2D eigenvalue weighted by molar-refractivity contribution is 5.86. The van der Waals surface area contributed by atoms with Gasteiger partial charge in [0.1, 0.15) is 11.9 Å². The molecule has 2 amide bonds. The van der Waals surface area contributed by atoms with Crippen LogP contribution in [0.1, 0.15) is 5.82 Å². The molecule has 2 rings (SSSR count). The van der Waals surface area contributed by atoms with Crippen molar-refractivity contribution in [1.82, 2.24) is 25.9 Å². The van der Waals surface area contributed by atoms with Gasteiger partial charge in [0.15, 0.2) is 0 Å². The summed E-state index contributed by atoms with van der Waals surface area (Å²) in [7, 11) is 0. The molecule has 0 spiro atoms. The predicted octanol–water partition coefficient (Wildman–Crippen LogP) is -1.89. The smallest absolute Gasteiger partial charge is 0.239 e. The molecule has 1 atom stereocenters. The second kappa shape index (κ2) is 4.75. The van der Waals surface area contributed by atoms with Gasteiger partial charge < -0.3 is 15.6 Å². The Morgan fingerprint density at radius 1 is 1.62 bits per heavy atom. The first-order chi connectivity index (χ1) is 7.75. The molecule has 1 saturated heterocycles. The van der Waals surface area contributed by atoms with E-state index in [0.717, 1.165) is 0 Å². The molecule has 86 valence electrons. The summed E-state index contributed by atoms with van der Waals surface area (Å²) in [4.78, 5) is 29.4. The summed E-state index contributed by atoms with van der Waals surface area (Å²) < 4.78 is 0. The van der Waals surface area contributed by atoms with Gasteiger partial charge in [0.05, 0.1) is 13.1 Å². The fourth-order valence-corrected chi connectivity index (χ4v) is 1.44. The van der Waals surface area contributed by atoms with Gasteiger partial charge in [0, 0.05) is 18.9 Å². The number of imidazole rings is 1. The summed E-state index contributed by atoms with van der Waals surface area (Å²) in [6.07, 6.45) is 3.32. The Morgan fingerprint density at radius 3 is 3.12 bits per heavy atom. The van der Waals surface area contributed by atoms with Crippen molar-refractivity contribution in [3.63, 3.8) is 0 Å². The molecule has 1 fully saturated rings. The van der Waals surface area contributed by atoms with E-state index in [2.05, 4.69) is 25.9 Å². The molecule has 7 heteroatoms. The predicted molar refractivity (Wildman–Crippen MR) is 55.2 cm³/mol. The van der Waals surface area contributed by atoms with Gasteiger partial charge in [-0.3, -0.25) is 14.9 Å². The van der Waals surface area contributed by atoms with Crippen molar-refractivity contribution in [3.05, 3.63) is 18.2 Å². The van der Waals surface area contributed by atoms with Crippen LogP contribution < -0.4 is 16.0 Å². The molecule has 0 saturated carbocycles. The number of hydrogen-bond acceptors (Lipinski definition) is 4. The molecule has 1 aromatic heterocycles. The van der Waals surface area contributed by atoms with E-state index >= 15 is 0 Å². The number of hydrogen-bond donors (Lipinski definition) is 4. The highest BCUT2D eigenvalue weighted by Gasteiger charge is 2.23. The highest BCUT2D eigenvalue weighted by Crippen LogP contribution is 1.91. The van der Waals surface area contributed by atoms with E-state index in [1.165, 1.54) is 0 Å². The number of aromatic nitrogens is 2. The summed E-state index contributed by atoms with van der Waals surface area (Å²) in [6.45, 7) is 0.861. The van der Waals surface area contributed by atoms with E-state index in [0.29, 0.717) is 18.9 Å². The number of carbonyl (C=O) groups excluding carboxylic acids is 2. The van der Waals surface area contributed by atoms with E-state index in [1.807, 2.05) is 0 Å². The maximum absolute atomic E-state index is 11.6. The Morgan fingerprint density at radius 2 is 2.50 bits per heavy atom. The van der Waals surface area contributed by atoms with Gasteiger partial charge in [0.25, 0.3) is 0 Å². The summed E-state index contributed by atoms with van der Waals surface area (Å²) in [6, 6.07) is -0.368. The molecule has 0 bridgehead atoms. The molecule has 1 aliphatic rings. The SMILES string of the molecule is O=C1CNC(C(=O)NCc2ncc[nH]2)CN1. The van der Waals surface area contributed by atoms with Crippen LogP contribution in [-0.4, -0.2) is 40.9 Å². The molecule has 0 aliphatic carbocycles. The van der Waals surface area contributed by atoms with Crippen LogP contribution in [-0.2, 0) is 16.1 Å². The zero-order chi connectivity index (χ0) is 11.4. The number of aromatic amines is 1. The van der Waals surface area contributed by atoms with Crippen molar-refractivity contribution in [2.24, 2.45) is 0 Å². The van der Waals surface area contributed by atoms with Gasteiger partial charge in [-0.15, -0.1) is 0 Å². The van der Waals surface area contributed by atoms with E-state index in [4.69, 9.17) is 0 Å². The molecule has 16 heavy (non-hydrogen) atoms. The highest BCUT2D eigenvalue weighted by atomic mass is 16.2. The lowest BCUT2D eigenvalue weighted by Crippen LogP contribution is -2.57. The minimum absolute atomic E-state index is 0.0879. The van der Waals surface area contributed by atoms with Crippen LogP contribution in [0.5, 0.6) is 0 Å². The van der Waals surface area contributed by atoms with E-state index in [1.54, 1.807) is 12.4 Å². The minimum Gasteiger partial charge on any atom is -0.353 e. The Bertz CT molecular complexity index is 365. The minimum atomic E-state index is -0.368. The quantitative estimate of drug-likeness (QED) is 0.481. The van der Waals surface area contributed by atoms with Crippen molar-refractivity contribution in [2.45, 2.75) is 12.6 Å². The average molecular weight is 223 g/mol. The fraction of sp³-hybridized carbons (Fsp3) is 0.444. The third-order valence-electron chi connectivity index (χ3n) is 2.31. The maximum atomic E-state index is 11.6. The number of amides is 2. The summed E-state index contributed by atoms with van der Waals surface area (Å²) in [5.74, 6) is 0.472. The van der Waals surface area contributed by atoms with Crippen LogP contribution in [0.4, 0.5) is 0 Å². The monoisotopic (exact) mass is 223 g/mol. The largest absolute Gasteiger partial charge is 0.353 e. The summed E-state index contributed by atoms with van der Waals surface area (Å²) in [5.41, 5.74) is 0. The van der Waals surface area contributed by atoms with E-state index in [-0.39, 0.29) is 24.4 Å². The normalized spacial score (nSPS) is 20.2. The first kappa shape index (κ1) is 10.6. The lowest BCUT2D eigenvalue weighted by molar-refractivity contribution is -0.126. The average Bonchev–Trinajstić information content (AvgIpc) is 2.80. The van der Waals surface area contributed by atoms with Gasteiger partial charge in [-0.2, -0.15) is 0 Å². The molecule has 1 aromatic rings. The Labute approximate surface area is 92.0 Å². The lowest BCUT2D eigenvalue weighted by Gasteiger charge is -2.22. The van der Waals surface area contributed by atoms with E-state index in [9.17, 15) is 9.59 Å². The molecule has 4 N–H and O–H groups in total. The van der Waals surface area contributed by atoms with E-state index < -0.39 is 0 Å². The molecule has 2 heterocycles. The standard InChI is InChI=1S/C9H13N5O2/c15-8-5-12-6(3-13-8)9(16)14-4-7-10-1-2-11-7/h1-2,6,12H,3-5H2,(H,10,11)(H,13,15)(H,14,16). The molecule has 0 radical (unpaired) electrons. The summed E-state index contributed by atoms with van der Waals surface area (Å²) in [5, 5.41) is 8.19. The van der Waals surface area contributed by atoms with Crippen LogP contribution in [0.3, 0.4) is 0 Å². The van der Waals surface area contributed by atoms with Gasteiger partial charge in [-0.25, -0.2) is 4.98 Å². The van der Waals surface area contributed by atoms with Crippen molar-refractivity contribution < 1.29 is 9.59 Å². The van der Waals surface area contributed by atoms with Crippen LogP contribution in [0.2, 0.25) is 0 Å². The topological polar surface area (TPSA) is 98.9 Å². The molecule has 0 aromatic carbocycles. The number of piperazine rings is 1. The molecular formula is C9H13N5O2. The molecule has 1 unspecified atom stereocenters. The Hall–Kier alpha value is -1.89. The van der Waals surface area contributed by atoms with Crippen molar-refractivity contribution in [3.8, 4) is 0 Å². The van der Waals surface area contributed by atoms with Crippen LogP contribution in [0, 0.1) is 0 Å². The maximum Gasteiger partial charge on any atom is 0.239 e. The van der Waals surface area contributed by atoms with Gasteiger partial charge >= 0.3 is 0 Å². The van der Waals surface area contributed by atoms with Crippen LogP contribution in [0.25, 0.3) is 0 Å². The zero-order valence-electron chi connectivity index (χ0n) is 8.62. The molecule has 1 aliphatic heterocycles. The number of nitrogens with one attached hydrogen (secondary N) is 4. The lowest BCUT2D eigenvalue weighted by atomic mass is 10.2. The van der Waals surface area contributed by atoms with Crippen molar-refractivity contribution >= 4 is 11.8 Å². The summed E-state index contributed by atoms with van der Waals surface area (Å²) >= 11 is 0. The second-order valence-corrected chi connectivity index (χ2v) is 3.49. The number of nitrogens with zero attached hydrogens (tertiary/aromatic N) is 1. The fourth-order valence-electron chi connectivity index (χ4n) is 1.44. The molecular weight excluding hydrogens is 210 g/mol. The first-order valence-corrected chi connectivity index (χ1v) is 5.02. The van der Waals surface area contributed by atoms with Crippen LogP contribution >= 0.6 is 0 Å². The van der Waals surface area contributed by atoms with Crippen molar-refractivity contribution in [1.29, 1.82) is 0 Å².